The van der Waals surface area contributed by atoms with Crippen LogP contribution in [0.3, 0.4) is 0 Å². The number of unbranched alkanes of at least 4 members (excludes halogenated alkanes) is 1. The Morgan fingerprint density at radius 2 is 2.22 bits per heavy atom. The lowest BCUT2D eigenvalue weighted by Crippen LogP contribution is -2.30. The standard InChI is InChI=1S/C17H22N2O3S/c1-3-4-9-22-17(21)11(2)19-10-18-15-14(16(19)20)12-7-5-6-8-13(12)23-15/h10-11H,3-9H2,1-2H3. The third-order valence-corrected chi connectivity index (χ3v) is 5.60. The van der Waals surface area contributed by atoms with E-state index in [2.05, 4.69) is 4.98 Å². The zero-order chi connectivity index (χ0) is 16.4. The van der Waals surface area contributed by atoms with Gasteiger partial charge >= 0.3 is 5.97 Å². The molecule has 0 saturated heterocycles. The molecule has 0 N–H and O–H groups in total. The molecule has 2 aromatic heterocycles. The largest absolute Gasteiger partial charge is 0.464 e. The van der Waals surface area contributed by atoms with Crippen molar-refractivity contribution < 1.29 is 9.53 Å². The number of hydrogen-bond acceptors (Lipinski definition) is 5. The second-order valence-electron chi connectivity index (χ2n) is 6.05. The van der Waals surface area contributed by atoms with Crippen LogP contribution >= 0.6 is 11.3 Å². The summed E-state index contributed by atoms with van der Waals surface area (Å²) in [6, 6.07) is -0.643. The van der Waals surface area contributed by atoms with E-state index in [0.29, 0.717) is 12.0 Å². The highest BCUT2D eigenvalue weighted by Gasteiger charge is 2.23. The van der Waals surface area contributed by atoms with E-state index in [1.54, 1.807) is 18.3 Å². The number of fused-ring (bicyclic) bond motifs is 3. The molecule has 2 heterocycles. The van der Waals surface area contributed by atoms with Crippen molar-refractivity contribution in [2.45, 2.75) is 58.4 Å². The monoisotopic (exact) mass is 334 g/mol. The van der Waals surface area contributed by atoms with Crippen LogP contribution in [0.4, 0.5) is 0 Å². The van der Waals surface area contributed by atoms with E-state index in [9.17, 15) is 9.59 Å². The molecule has 124 valence electrons. The topological polar surface area (TPSA) is 61.2 Å². The molecule has 3 rings (SSSR count). The van der Waals surface area contributed by atoms with E-state index in [1.165, 1.54) is 22.2 Å². The first-order chi connectivity index (χ1) is 11.1. The van der Waals surface area contributed by atoms with Gasteiger partial charge in [-0.2, -0.15) is 0 Å². The van der Waals surface area contributed by atoms with E-state index < -0.39 is 6.04 Å². The number of nitrogens with zero attached hydrogens (tertiary/aromatic N) is 2. The summed E-state index contributed by atoms with van der Waals surface area (Å²) in [5.74, 6) is -0.370. The molecule has 0 aromatic carbocycles. The SMILES string of the molecule is CCCCOC(=O)C(C)n1cnc2sc3c(c2c1=O)CCCC3. The van der Waals surface area contributed by atoms with Gasteiger partial charge in [-0.05, 0) is 44.6 Å². The van der Waals surface area contributed by atoms with Crippen molar-refractivity contribution in [3.05, 3.63) is 27.1 Å². The number of carbonyl (C=O) groups is 1. The molecule has 0 bridgehead atoms. The molecule has 0 fully saturated rings. The van der Waals surface area contributed by atoms with Crippen molar-refractivity contribution in [3.63, 3.8) is 0 Å². The lowest BCUT2D eigenvalue weighted by molar-refractivity contribution is -0.147. The van der Waals surface area contributed by atoms with Gasteiger partial charge in [0.1, 0.15) is 10.9 Å². The Morgan fingerprint density at radius 3 is 3.00 bits per heavy atom. The van der Waals surface area contributed by atoms with Crippen molar-refractivity contribution in [1.82, 2.24) is 9.55 Å². The van der Waals surface area contributed by atoms with Gasteiger partial charge in [0.2, 0.25) is 0 Å². The van der Waals surface area contributed by atoms with Crippen LogP contribution in [-0.2, 0) is 22.4 Å². The highest BCUT2D eigenvalue weighted by atomic mass is 32.1. The normalized spacial score (nSPS) is 15.4. The summed E-state index contributed by atoms with van der Waals surface area (Å²) in [6.45, 7) is 4.14. The summed E-state index contributed by atoms with van der Waals surface area (Å²) in [7, 11) is 0. The minimum atomic E-state index is -0.643. The van der Waals surface area contributed by atoms with Crippen molar-refractivity contribution in [3.8, 4) is 0 Å². The average Bonchev–Trinajstić information content (AvgIpc) is 2.94. The van der Waals surface area contributed by atoms with Crippen molar-refractivity contribution >= 4 is 27.5 Å². The average molecular weight is 334 g/mol. The highest BCUT2D eigenvalue weighted by molar-refractivity contribution is 7.18. The summed E-state index contributed by atoms with van der Waals surface area (Å²) in [5.41, 5.74) is 1.03. The van der Waals surface area contributed by atoms with Gasteiger partial charge in [0, 0.05) is 4.88 Å². The maximum Gasteiger partial charge on any atom is 0.328 e. The molecule has 23 heavy (non-hydrogen) atoms. The third kappa shape index (κ3) is 3.04. The fourth-order valence-corrected chi connectivity index (χ4v) is 4.21. The van der Waals surface area contributed by atoms with Crippen molar-refractivity contribution in [2.24, 2.45) is 0 Å². The molecule has 0 radical (unpaired) electrons. The predicted molar refractivity (Wildman–Crippen MR) is 91.1 cm³/mol. The maximum atomic E-state index is 12.9. The smallest absolute Gasteiger partial charge is 0.328 e. The van der Waals surface area contributed by atoms with Crippen LogP contribution < -0.4 is 5.56 Å². The lowest BCUT2D eigenvalue weighted by Gasteiger charge is -2.14. The molecule has 1 unspecified atom stereocenters. The molecular weight excluding hydrogens is 312 g/mol. The van der Waals surface area contributed by atoms with Gasteiger partial charge in [-0.3, -0.25) is 9.36 Å². The molecule has 0 amide bonds. The molecule has 1 aliphatic carbocycles. The van der Waals surface area contributed by atoms with Gasteiger partial charge in [0.25, 0.3) is 5.56 Å². The van der Waals surface area contributed by atoms with Crippen LogP contribution in [0.5, 0.6) is 0 Å². The molecule has 0 spiro atoms. The Bertz CT molecular complexity index is 778. The number of aryl methyl sites for hydroxylation is 2. The van der Waals surface area contributed by atoms with E-state index in [0.717, 1.165) is 42.5 Å². The second kappa shape index (κ2) is 6.83. The molecule has 2 aromatic rings. The first-order valence-electron chi connectivity index (χ1n) is 8.31. The Balaban J connectivity index is 1.94. The Kier molecular flexibility index (Phi) is 4.80. The predicted octanol–water partition coefficient (Wildman–Crippen LogP) is 3.24. The minimum Gasteiger partial charge on any atom is -0.464 e. The van der Waals surface area contributed by atoms with Crippen LogP contribution in [-0.4, -0.2) is 22.1 Å². The van der Waals surface area contributed by atoms with Gasteiger partial charge < -0.3 is 4.74 Å². The molecule has 0 saturated carbocycles. The van der Waals surface area contributed by atoms with E-state index in [1.807, 2.05) is 6.92 Å². The quantitative estimate of drug-likeness (QED) is 0.622. The second-order valence-corrected chi connectivity index (χ2v) is 7.13. The molecule has 0 aliphatic heterocycles. The summed E-state index contributed by atoms with van der Waals surface area (Å²) in [5, 5.41) is 0.709. The van der Waals surface area contributed by atoms with E-state index in [-0.39, 0.29) is 11.5 Å². The van der Waals surface area contributed by atoms with Gasteiger partial charge in [0.05, 0.1) is 18.3 Å². The molecule has 5 nitrogen and oxygen atoms in total. The van der Waals surface area contributed by atoms with E-state index in [4.69, 9.17) is 4.74 Å². The number of esters is 1. The van der Waals surface area contributed by atoms with Gasteiger partial charge in [-0.1, -0.05) is 13.3 Å². The molecule has 6 heteroatoms. The van der Waals surface area contributed by atoms with Crippen LogP contribution in [0.15, 0.2) is 11.1 Å². The number of rotatable bonds is 5. The van der Waals surface area contributed by atoms with Crippen LogP contribution in [0, 0.1) is 0 Å². The summed E-state index contributed by atoms with van der Waals surface area (Å²) in [6.07, 6.45) is 7.54. The maximum absolute atomic E-state index is 12.9. The lowest BCUT2D eigenvalue weighted by atomic mass is 9.97. The fourth-order valence-electron chi connectivity index (χ4n) is 2.99. The van der Waals surface area contributed by atoms with Crippen LogP contribution in [0.2, 0.25) is 0 Å². The van der Waals surface area contributed by atoms with Gasteiger partial charge in [-0.15, -0.1) is 11.3 Å². The summed E-state index contributed by atoms with van der Waals surface area (Å²) in [4.78, 5) is 31.5. The number of thiophene rings is 1. The van der Waals surface area contributed by atoms with E-state index >= 15 is 0 Å². The highest BCUT2D eigenvalue weighted by Crippen LogP contribution is 2.33. The van der Waals surface area contributed by atoms with Gasteiger partial charge in [0.15, 0.2) is 0 Å². The molecular formula is C17H22N2O3S. The minimum absolute atomic E-state index is 0.116. The van der Waals surface area contributed by atoms with Crippen molar-refractivity contribution in [2.75, 3.05) is 6.61 Å². The number of carbonyl (C=O) groups excluding carboxylic acids is 1. The van der Waals surface area contributed by atoms with Crippen LogP contribution in [0.1, 0.15) is 56.0 Å². The zero-order valence-electron chi connectivity index (χ0n) is 13.6. The van der Waals surface area contributed by atoms with Crippen molar-refractivity contribution in [1.29, 1.82) is 0 Å². The fraction of sp³-hybridized carbons (Fsp3) is 0.588. The third-order valence-electron chi connectivity index (χ3n) is 4.40. The molecule has 1 aliphatic rings. The Hall–Kier alpha value is -1.69. The Labute approximate surface area is 139 Å². The number of hydrogen-bond donors (Lipinski definition) is 0. The first kappa shape index (κ1) is 16.2. The summed E-state index contributed by atoms with van der Waals surface area (Å²) < 4.78 is 6.65. The summed E-state index contributed by atoms with van der Waals surface area (Å²) >= 11 is 1.62. The van der Waals surface area contributed by atoms with Crippen LogP contribution in [0.25, 0.3) is 10.2 Å². The van der Waals surface area contributed by atoms with Gasteiger partial charge in [-0.25, -0.2) is 9.78 Å². The molecule has 1 atom stereocenters. The first-order valence-corrected chi connectivity index (χ1v) is 9.13. The zero-order valence-corrected chi connectivity index (χ0v) is 14.4. The Morgan fingerprint density at radius 1 is 1.43 bits per heavy atom. The number of ether oxygens (including phenoxy) is 1. The number of aromatic nitrogens is 2.